The van der Waals surface area contributed by atoms with Crippen LogP contribution in [0.5, 0.6) is 11.5 Å². The van der Waals surface area contributed by atoms with Crippen LogP contribution in [0.2, 0.25) is 0 Å². The molecule has 10 heteroatoms. The molecule has 0 atom stereocenters. The van der Waals surface area contributed by atoms with Gasteiger partial charge in [0.05, 0.1) is 6.54 Å². The maximum atomic E-state index is 13.3. The Bertz CT molecular complexity index is 948. The summed E-state index contributed by atoms with van der Waals surface area (Å²) in [6.45, 7) is 5.41. The van der Waals surface area contributed by atoms with E-state index in [2.05, 4.69) is 22.2 Å². The number of nitrogens with two attached hydrogens (primary N) is 1. The van der Waals surface area contributed by atoms with E-state index in [9.17, 15) is 12.8 Å². The van der Waals surface area contributed by atoms with Crippen LogP contribution in [0, 0.1) is 12.7 Å². The lowest BCUT2D eigenvalue weighted by Gasteiger charge is -2.11. The number of aliphatic imine (C=N–C) groups is 1. The van der Waals surface area contributed by atoms with E-state index in [4.69, 9.17) is 14.7 Å². The van der Waals surface area contributed by atoms with Gasteiger partial charge in [0, 0.05) is 12.8 Å². The lowest BCUT2D eigenvalue weighted by molar-refractivity contribution is 0.327. The first-order valence-corrected chi connectivity index (χ1v) is 9.17. The van der Waals surface area contributed by atoms with Crippen molar-refractivity contribution in [3.63, 3.8) is 0 Å². The molecule has 2 aromatic carbocycles. The average Bonchev–Trinajstić information content (AvgIpc) is 2.58. The molecule has 0 fully saturated rings. The predicted molar refractivity (Wildman–Crippen MR) is 100 cm³/mol. The molecule has 0 bridgehead atoms. The van der Waals surface area contributed by atoms with E-state index in [-0.39, 0.29) is 29.8 Å². The van der Waals surface area contributed by atoms with Crippen LogP contribution in [0.25, 0.3) is 0 Å². The van der Waals surface area contributed by atoms with Crippen molar-refractivity contribution in [3.8, 4) is 11.5 Å². The monoisotopic (exact) mass is 394 g/mol. The Labute approximate surface area is 156 Å². The summed E-state index contributed by atoms with van der Waals surface area (Å²) < 4.78 is 48.5. The third kappa shape index (κ3) is 6.26. The van der Waals surface area contributed by atoms with Crippen molar-refractivity contribution in [3.05, 3.63) is 53.8 Å². The molecule has 0 amide bonds. The van der Waals surface area contributed by atoms with Crippen LogP contribution in [-0.4, -0.2) is 34.2 Å². The van der Waals surface area contributed by atoms with E-state index in [1.807, 2.05) is 0 Å². The van der Waals surface area contributed by atoms with E-state index in [1.165, 1.54) is 24.3 Å². The molecule has 0 heterocycles. The van der Waals surface area contributed by atoms with Gasteiger partial charge in [-0.1, -0.05) is 6.07 Å². The van der Waals surface area contributed by atoms with Crippen molar-refractivity contribution in [2.24, 2.45) is 15.8 Å². The van der Waals surface area contributed by atoms with Crippen molar-refractivity contribution in [1.82, 2.24) is 5.43 Å². The normalized spacial score (nSPS) is 11.7. The molecule has 0 saturated heterocycles. The smallest absolute Gasteiger partial charge is 0.339 e. The van der Waals surface area contributed by atoms with E-state index < -0.39 is 15.9 Å². The summed E-state index contributed by atoms with van der Waals surface area (Å²) >= 11 is 0. The molecular weight excluding hydrogens is 375 g/mol. The van der Waals surface area contributed by atoms with Gasteiger partial charge < -0.3 is 14.7 Å². The molecule has 3 N–H and O–H groups in total. The highest BCUT2D eigenvalue weighted by atomic mass is 32.2. The Morgan fingerprint density at radius 2 is 2.00 bits per heavy atom. The van der Waals surface area contributed by atoms with Crippen LogP contribution in [0.1, 0.15) is 5.56 Å². The van der Waals surface area contributed by atoms with Gasteiger partial charge in [-0.2, -0.15) is 13.5 Å². The van der Waals surface area contributed by atoms with E-state index in [1.54, 1.807) is 13.0 Å². The molecule has 0 spiro atoms. The number of hydrogen-bond acceptors (Lipinski definition) is 6. The first-order chi connectivity index (χ1) is 12.8. The largest absolute Gasteiger partial charge is 0.492 e. The topological polar surface area (TPSA) is 115 Å². The average molecular weight is 394 g/mol. The zero-order chi connectivity index (χ0) is 19.9. The highest BCUT2D eigenvalue weighted by Crippen LogP contribution is 2.26. The summed E-state index contributed by atoms with van der Waals surface area (Å²) in [6.07, 6.45) is 0. The number of guanidine groups is 1. The summed E-state index contributed by atoms with van der Waals surface area (Å²) in [6, 6.07) is 9.22. The minimum atomic E-state index is -4.17. The Hall–Kier alpha value is -3.14. The van der Waals surface area contributed by atoms with Gasteiger partial charge in [-0.15, -0.1) is 0 Å². The number of nitrogens with zero attached hydrogens (tertiary/aromatic N) is 2. The summed E-state index contributed by atoms with van der Waals surface area (Å²) in [5, 5.41) is 3.37. The number of ether oxygens (including phenoxy) is 1. The highest BCUT2D eigenvalue weighted by Gasteiger charge is 2.18. The van der Waals surface area contributed by atoms with E-state index >= 15 is 0 Å². The van der Waals surface area contributed by atoms with Crippen LogP contribution in [0.3, 0.4) is 0 Å². The third-order valence-electron chi connectivity index (χ3n) is 3.15. The van der Waals surface area contributed by atoms with E-state index in [0.29, 0.717) is 5.75 Å². The fraction of sp³-hybridized carbons (Fsp3) is 0.176. The molecule has 0 saturated carbocycles. The molecule has 2 rings (SSSR count). The number of hydrazone groups is 1. The summed E-state index contributed by atoms with van der Waals surface area (Å²) in [4.78, 5) is 3.66. The fourth-order valence-corrected chi connectivity index (χ4v) is 3.04. The van der Waals surface area contributed by atoms with Crippen molar-refractivity contribution in [2.75, 3.05) is 13.2 Å². The van der Waals surface area contributed by atoms with Crippen LogP contribution < -0.4 is 20.1 Å². The summed E-state index contributed by atoms with van der Waals surface area (Å²) in [5.74, 6) is -0.130. The first-order valence-electron chi connectivity index (χ1n) is 7.76. The second-order valence-corrected chi connectivity index (χ2v) is 6.91. The quantitative estimate of drug-likeness (QED) is 0.232. The lowest BCUT2D eigenvalue weighted by atomic mass is 10.2. The van der Waals surface area contributed by atoms with Crippen molar-refractivity contribution >= 4 is 22.8 Å². The molecule has 144 valence electrons. The van der Waals surface area contributed by atoms with Crippen LogP contribution in [-0.2, 0) is 10.1 Å². The zero-order valence-electron chi connectivity index (χ0n) is 14.6. The molecule has 0 aromatic heterocycles. The molecule has 0 aliphatic rings. The van der Waals surface area contributed by atoms with Crippen LogP contribution >= 0.6 is 0 Å². The summed E-state index contributed by atoms with van der Waals surface area (Å²) in [5.41, 5.74) is 8.58. The SMILES string of the molecule is C=NNC(N)=NCCOc1cc(C)cc(OS(=O)(=O)c2cccc(F)c2)c1. The van der Waals surface area contributed by atoms with Gasteiger partial charge in [-0.05, 0) is 42.8 Å². The minimum absolute atomic E-state index is 0.0507. The zero-order valence-corrected chi connectivity index (χ0v) is 15.4. The molecule has 27 heavy (non-hydrogen) atoms. The maximum Gasteiger partial charge on any atom is 0.339 e. The van der Waals surface area contributed by atoms with Gasteiger partial charge in [-0.3, -0.25) is 0 Å². The number of nitrogens with one attached hydrogen (secondary N) is 1. The number of halogens is 1. The maximum absolute atomic E-state index is 13.3. The molecule has 0 unspecified atom stereocenters. The van der Waals surface area contributed by atoms with Gasteiger partial charge in [0.1, 0.15) is 28.8 Å². The van der Waals surface area contributed by atoms with E-state index in [0.717, 1.165) is 17.7 Å². The standard InChI is InChI=1S/C17H19FN4O4S/c1-12-8-14(25-7-6-21-17(19)22-20-2)11-15(9-12)26-27(23,24)16-5-3-4-13(18)10-16/h3-5,8-11H,2,6-7H2,1H3,(H3,19,21,22). The molecule has 8 nitrogen and oxygen atoms in total. The third-order valence-corrected chi connectivity index (χ3v) is 4.39. The van der Waals surface area contributed by atoms with Crippen molar-refractivity contribution < 1.29 is 21.7 Å². The van der Waals surface area contributed by atoms with Crippen molar-refractivity contribution in [1.29, 1.82) is 0 Å². The summed E-state index contributed by atoms with van der Waals surface area (Å²) in [7, 11) is -4.17. The Morgan fingerprint density at radius 1 is 1.26 bits per heavy atom. The fourth-order valence-electron chi connectivity index (χ4n) is 2.09. The number of hydrogen-bond donors (Lipinski definition) is 2. The molecule has 2 aromatic rings. The van der Waals surface area contributed by atoms with Gasteiger partial charge in [0.2, 0.25) is 5.96 Å². The highest BCUT2D eigenvalue weighted by molar-refractivity contribution is 7.87. The van der Waals surface area contributed by atoms with Gasteiger partial charge >= 0.3 is 10.1 Å². The predicted octanol–water partition coefficient (Wildman–Crippen LogP) is 1.80. The minimum Gasteiger partial charge on any atom is -0.492 e. The first kappa shape index (κ1) is 20.2. The molecule has 0 aliphatic heterocycles. The molecule has 0 radical (unpaired) electrons. The second kappa shape index (κ2) is 8.99. The number of rotatable bonds is 8. The van der Waals surface area contributed by atoms with Gasteiger partial charge in [-0.25, -0.2) is 14.8 Å². The Morgan fingerprint density at radius 3 is 2.70 bits per heavy atom. The van der Waals surface area contributed by atoms with Gasteiger partial charge in [0.15, 0.2) is 0 Å². The lowest BCUT2D eigenvalue weighted by Crippen LogP contribution is -2.27. The van der Waals surface area contributed by atoms with Crippen molar-refractivity contribution in [2.45, 2.75) is 11.8 Å². The molecule has 0 aliphatic carbocycles. The Balaban J connectivity index is 2.08. The Kier molecular flexibility index (Phi) is 6.72. The van der Waals surface area contributed by atoms with Crippen LogP contribution in [0.4, 0.5) is 4.39 Å². The van der Waals surface area contributed by atoms with Crippen LogP contribution in [0.15, 0.2) is 57.5 Å². The van der Waals surface area contributed by atoms with Gasteiger partial charge in [0.25, 0.3) is 0 Å². The second-order valence-electron chi connectivity index (χ2n) is 5.36. The number of aryl methyl sites for hydroxylation is 1. The number of benzene rings is 2. The molecular formula is C17H19FN4O4S.